The van der Waals surface area contributed by atoms with Crippen molar-refractivity contribution in [2.24, 2.45) is 5.73 Å². The Kier molecular flexibility index (Phi) is 5.07. The van der Waals surface area contributed by atoms with E-state index in [0.717, 1.165) is 0 Å². The number of alkyl carbamates (subject to hydrolysis) is 1. The fraction of sp³-hybridized carbons (Fsp3) is 0.778. The highest BCUT2D eigenvalue weighted by atomic mass is 16.6. The van der Waals surface area contributed by atoms with Crippen molar-refractivity contribution in [1.29, 1.82) is 0 Å². The molecule has 6 heteroatoms. The highest BCUT2D eigenvalue weighted by molar-refractivity contribution is 5.69. The van der Waals surface area contributed by atoms with Crippen molar-refractivity contribution in [3.63, 3.8) is 0 Å². The van der Waals surface area contributed by atoms with E-state index in [-0.39, 0.29) is 13.0 Å². The largest absolute Gasteiger partial charge is 0.481 e. The van der Waals surface area contributed by atoms with Gasteiger partial charge < -0.3 is 20.9 Å². The molecule has 0 spiro atoms. The zero-order valence-electron chi connectivity index (χ0n) is 9.24. The summed E-state index contributed by atoms with van der Waals surface area (Å²) in [6, 6.07) is -0.602. The van der Waals surface area contributed by atoms with Crippen LogP contribution in [0, 0.1) is 0 Å². The molecule has 0 aromatic carbocycles. The van der Waals surface area contributed by atoms with E-state index in [1.807, 2.05) is 0 Å². The second-order valence-electron chi connectivity index (χ2n) is 4.24. The average molecular weight is 218 g/mol. The summed E-state index contributed by atoms with van der Waals surface area (Å²) < 4.78 is 4.94. The molecule has 0 aliphatic rings. The van der Waals surface area contributed by atoms with Crippen molar-refractivity contribution in [2.45, 2.75) is 38.8 Å². The lowest BCUT2D eigenvalue weighted by molar-refractivity contribution is -0.137. The molecule has 0 heterocycles. The number of carbonyl (C=O) groups is 2. The summed E-state index contributed by atoms with van der Waals surface area (Å²) in [6.07, 6.45) is -0.779. The number of rotatable bonds is 4. The summed E-state index contributed by atoms with van der Waals surface area (Å²) in [4.78, 5) is 21.4. The smallest absolute Gasteiger partial charge is 0.407 e. The van der Waals surface area contributed by atoms with Crippen molar-refractivity contribution in [2.75, 3.05) is 6.54 Å². The number of nitrogens with two attached hydrogens (primary N) is 1. The Labute approximate surface area is 88.8 Å². The lowest BCUT2D eigenvalue weighted by Gasteiger charge is -2.20. The summed E-state index contributed by atoms with van der Waals surface area (Å²) in [5, 5.41) is 10.8. The standard InChI is InChI=1S/C9H18N2O4/c1-9(2,3)15-8(14)11-5-6(10)4-7(12)13/h6H,4-5,10H2,1-3H3,(H,11,14)(H,12,13). The van der Waals surface area contributed by atoms with Crippen LogP contribution >= 0.6 is 0 Å². The van der Waals surface area contributed by atoms with Crippen LogP contribution in [0.2, 0.25) is 0 Å². The Morgan fingerprint density at radius 3 is 2.40 bits per heavy atom. The molecular formula is C9H18N2O4. The van der Waals surface area contributed by atoms with Gasteiger partial charge >= 0.3 is 12.1 Å². The maximum absolute atomic E-state index is 11.1. The molecule has 0 saturated carbocycles. The van der Waals surface area contributed by atoms with Crippen LogP contribution in [-0.2, 0) is 9.53 Å². The highest BCUT2D eigenvalue weighted by Crippen LogP contribution is 2.06. The van der Waals surface area contributed by atoms with Gasteiger partial charge in [-0.25, -0.2) is 4.79 Å². The van der Waals surface area contributed by atoms with Gasteiger partial charge in [-0.1, -0.05) is 0 Å². The first kappa shape index (κ1) is 13.7. The summed E-state index contributed by atoms with van der Waals surface area (Å²) in [5.74, 6) is -0.992. The van der Waals surface area contributed by atoms with E-state index in [1.165, 1.54) is 0 Å². The van der Waals surface area contributed by atoms with Crippen molar-refractivity contribution < 1.29 is 19.4 Å². The molecule has 88 valence electrons. The number of carboxylic acids is 1. The predicted octanol–water partition coefficient (Wildman–Crippen LogP) is 0.313. The monoisotopic (exact) mass is 218 g/mol. The van der Waals surface area contributed by atoms with Crippen LogP contribution in [0.3, 0.4) is 0 Å². The average Bonchev–Trinajstić information content (AvgIpc) is 1.96. The minimum atomic E-state index is -0.992. The Bertz CT molecular complexity index is 235. The third-order valence-electron chi connectivity index (χ3n) is 1.34. The van der Waals surface area contributed by atoms with Gasteiger partial charge in [0, 0.05) is 12.6 Å². The summed E-state index contributed by atoms with van der Waals surface area (Å²) in [6.45, 7) is 5.30. The fourth-order valence-corrected chi connectivity index (χ4v) is 0.825. The number of aliphatic carboxylic acids is 1. The van der Waals surface area contributed by atoms with Crippen molar-refractivity contribution in [3.8, 4) is 0 Å². The molecule has 0 rings (SSSR count). The molecule has 0 aliphatic carbocycles. The molecule has 15 heavy (non-hydrogen) atoms. The zero-order chi connectivity index (χ0) is 12.1. The minimum Gasteiger partial charge on any atom is -0.481 e. The van der Waals surface area contributed by atoms with E-state index in [0.29, 0.717) is 0 Å². The molecule has 0 fully saturated rings. The summed E-state index contributed by atoms with van der Waals surface area (Å²) >= 11 is 0. The van der Waals surface area contributed by atoms with Crippen molar-refractivity contribution in [1.82, 2.24) is 5.32 Å². The molecule has 0 bridgehead atoms. The third kappa shape index (κ3) is 9.01. The number of amides is 1. The molecule has 1 amide bonds. The van der Waals surface area contributed by atoms with Gasteiger partial charge in [0.1, 0.15) is 5.60 Å². The molecule has 1 atom stereocenters. The lowest BCUT2D eigenvalue weighted by atomic mass is 10.2. The first-order valence-electron chi connectivity index (χ1n) is 4.65. The van der Waals surface area contributed by atoms with Crippen LogP contribution in [0.15, 0.2) is 0 Å². The number of carbonyl (C=O) groups excluding carboxylic acids is 1. The van der Waals surface area contributed by atoms with E-state index < -0.39 is 23.7 Å². The molecule has 0 radical (unpaired) electrons. The fourth-order valence-electron chi connectivity index (χ4n) is 0.825. The van der Waals surface area contributed by atoms with E-state index in [2.05, 4.69) is 5.32 Å². The van der Waals surface area contributed by atoms with E-state index in [9.17, 15) is 9.59 Å². The number of hydrogen-bond acceptors (Lipinski definition) is 4. The van der Waals surface area contributed by atoms with Crippen LogP contribution in [0.1, 0.15) is 27.2 Å². The van der Waals surface area contributed by atoms with Crippen molar-refractivity contribution >= 4 is 12.1 Å². The van der Waals surface area contributed by atoms with Crippen molar-refractivity contribution in [3.05, 3.63) is 0 Å². The molecule has 4 N–H and O–H groups in total. The minimum absolute atomic E-state index is 0.0845. The normalized spacial score (nSPS) is 13.1. The first-order chi connectivity index (χ1) is 6.70. The Morgan fingerprint density at radius 1 is 1.47 bits per heavy atom. The second kappa shape index (κ2) is 5.55. The van der Waals surface area contributed by atoms with Gasteiger partial charge in [-0.15, -0.1) is 0 Å². The molecular weight excluding hydrogens is 200 g/mol. The molecule has 0 aliphatic heterocycles. The Hall–Kier alpha value is -1.30. The van der Waals surface area contributed by atoms with Gasteiger partial charge in [0.25, 0.3) is 0 Å². The Balaban J connectivity index is 3.76. The van der Waals surface area contributed by atoms with Crippen LogP contribution in [-0.4, -0.2) is 35.4 Å². The summed E-state index contributed by atoms with van der Waals surface area (Å²) in [7, 11) is 0. The topological polar surface area (TPSA) is 102 Å². The third-order valence-corrected chi connectivity index (χ3v) is 1.34. The number of hydrogen-bond donors (Lipinski definition) is 3. The SMILES string of the molecule is CC(C)(C)OC(=O)NCC(N)CC(=O)O. The quantitative estimate of drug-likeness (QED) is 0.630. The van der Waals surface area contributed by atoms with E-state index in [1.54, 1.807) is 20.8 Å². The highest BCUT2D eigenvalue weighted by Gasteiger charge is 2.17. The molecule has 1 unspecified atom stereocenters. The van der Waals surface area contributed by atoms with Crippen LogP contribution in [0.25, 0.3) is 0 Å². The molecule has 6 nitrogen and oxygen atoms in total. The maximum Gasteiger partial charge on any atom is 0.407 e. The number of ether oxygens (including phenoxy) is 1. The molecule has 0 aromatic rings. The van der Waals surface area contributed by atoms with Gasteiger partial charge in [0.2, 0.25) is 0 Å². The molecule has 0 saturated heterocycles. The molecule has 0 aromatic heterocycles. The predicted molar refractivity (Wildman–Crippen MR) is 54.5 cm³/mol. The van der Waals surface area contributed by atoms with E-state index in [4.69, 9.17) is 15.6 Å². The van der Waals surface area contributed by atoms with E-state index >= 15 is 0 Å². The first-order valence-corrected chi connectivity index (χ1v) is 4.65. The number of nitrogens with one attached hydrogen (secondary N) is 1. The zero-order valence-corrected chi connectivity index (χ0v) is 9.24. The lowest BCUT2D eigenvalue weighted by Crippen LogP contribution is -2.41. The van der Waals surface area contributed by atoms with Crippen LogP contribution in [0.4, 0.5) is 4.79 Å². The van der Waals surface area contributed by atoms with Gasteiger partial charge in [0.15, 0.2) is 0 Å². The van der Waals surface area contributed by atoms with Crippen LogP contribution < -0.4 is 11.1 Å². The summed E-state index contributed by atoms with van der Waals surface area (Å²) in [5.41, 5.74) is 4.87. The van der Waals surface area contributed by atoms with Gasteiger partial charge in [-0.3, -0.25) is 4.79 Å². The number of carboxylic acid groups (broad SMARTS) is 1. The Morgan fingerprint density at radius 2 is 2.00 bits per heavy atom. The van der Waals surface area contributed by atoms with Gasteiger partial charge in [0.05, 0.1) is 6.42 Å². The second-order valence-corrected chi connectivity index (χ2v) is 4.24. The van der Waals surface area contributed by atoms with Crippen LogP contribution in [0.5, 0.6) is 0 Å². The maximum atomic E-state index is 11.1. The van der Waals surface area contributed by atoms with Gasteiger partial charge in [-0.2, -0.15) is 0 Å². The van der Waals surface area contributed by atoms with Gasteiger partial charge in [-0.05, 0) is 20.8 Å².